The molecule has 3 nitrogen and oxygen atoms in total. The van der Waals surface area contributed by atoms with E-state index in [-0.39, 0.29) is 5.41 Å². The predicted molar refractivity (Wildman–Crippen MR) is 184 cm³/mol. The smallest absolute Gasteiger partial charge is 0.178 e. The first-order valence-corrected chi connectivity index (χ1v) is 16.2. The van der Waals surface area contributed by atoms with Gasteiger partial charge in [0.15, 0.2) is 5.60 Å². The maximum atomic E-state index is 9.72. The van der Waals surface area contributed by atoms with Crippen LogP contribution in [0, 0.1) is 11.3 Å². The van der Waals surface area contributed by atoms with Gasteiger partial charge < -0.3 is 9.47 Å². The Morgan fingerprint density at radius 2 is 1.53 bits per heavy atom. The molecule has 1 aliphatic heterocycles. The number of unbranched alkanes of at least 4 members (excludes halogenated alkanes) is 3. The van der Waals surface area contributed by atoms with Crippen molar-refractivity contribution in [2.45, 2.75) is 63.9 Å². The fourth-order valence-electron chi connectivity index (χ4n) is 7.49. The second-order valence-corrected chi connectivity index (χ2v) is 12.9. The molecule has 0 saturated heterocycles. The SMILES string of the molecule is CCCCCCc1ccc(C2(c3ccc(OC)cc3)C=Cc3c4c(c5ccccc5c3O2)-c2ccc(C#N)cc2C4(C)C)cc1. The van der Waals surface area contributed by atoms with E-state index in [1.165, 1.54) is 58.9 Å². The second kappa shape index (κ2) is 11.3. The number of hydrogen-bond donors (Lipinski definition) is 0. The summed E-state index contributed by atoms with van der Waals surface area (Å²) < 4.78 is 12.9. The topological polar surface area (TPSA) is 42.2 Å². The van der Waals surface area contributed by atoms with Gasteiger partial charge in [-0.1, -0.05) is 113 Å². The molecule has 1 aliphatic carbocycles. The van der Waals surface area contributed by atoms with Crippen LogP contribution in [0.2, 0.25) is 0 Å². The van der Waals surface area contributed by atoms with Crippen LogP contribution in [-0.2, 0) is 17.4 Å². The lowest BCUT2D eigenvalue weighted by Crippen LogP contribution is -2.35. The van der Waals surface area contributed by atoms with Gasteiger partial charge in [0.1, 0.15) is 11.5 Å². The van der Waals surface area contributed by atoms with Gasteiger partial charge in [-0.05, 0) is 76.4 Å². The van der Waals surface area contributed by atoms with Gasteiger partial charge in [0.2, 0.25) is 0 Å². The molecule has 0 saturated carbocycles. The fraction of sp³-hybridized carbons (Fsp3) is 0.262. The van der Waals surface area contributed by atoms with Crippen LogP contribution in [-0.4, -0.2) is 7.11 Å². The third kappa shape index (κ3) is 4.63. The zero-order chi connectivity index (χ0) is 31.2. The lowest BCUT2D eigenvalue weighted by molar-refractivity contribution is 0.163. The molecule has 0 fully saturated rings. The van der Waals surface area contributed by atoms with Gasteiger partial charge in [0, 0.05) is 27.5 Å². The Morgan fingerprint density at radius 3 is 2.22 bits per heavy atom. The van der Waals surface area contributed by atoms with E-state index >= 15 is 0 Å². The largest absolute Gasteiger partial charge is 0.497 e. The number of nitrogens with zero attached hydrogens (tertiary/aromatic N) is 1. The van der Waals surface area contributed by atoms with Gasteiger partial charge in [-0.15, -0.1) is 0 Å². The van der Waals surface area contributed by atoms with E-state index in [2.05, 4.69) is 112 Å². The zero-order valence-electron chi connectivity index (χ0n) is 26.6. The first kappa shape index (κ1) is 28.9. The standard InChI is InChI=1S/C42H39NO2/c1-5-6-7-8-11-28-14-17-30(18-15-28)42(31-19-21-32(44-4)22-20-31)25-24-36-39-38(33-12-9-10-13-34(33)40(36)45-42)35-23-16-29(27-43)26-37(35)41(39,2)3/h9-10,12-26H,5-8,11H2,1-4H3. The number of hydrogen-bond acceptors (Lipinski definition) is 3. The number of methoxy groups -OCH3 is 1. The minimum atomic E-state index is -0.819. The Kier molecular flexibility index (Phi) is 7.25. The summed E-state index contributed by atoms with van der Waals surface area (Å²) in [6.07, 6.45) is 10.6. The first-order chi connectivity index (χ1) is 21.9. The van der Waals surface area contributed by atoms with Crippen molar-refractivity contribution in [3.05, 3.63) is 136 Å². The Bertz CT molecular complexity index is 1980. The van der Waals surface area contributed by atoms with Gasteiger partial charge in [0.25, 0.3) is 0 Å². The maximum absolute atomic E-state index is 9.72. The van der Waals surface area contributed by atoms with Crippen LogP contribution in [0.4, 0.5) is 0 Å². The highest BCUT2D eigenvalue weighted by Gasteiger charge is 2.44. The van der Waals surface area contributed by atoms with E-state index < -0.39 is 5.60 Å². The van der Waals surface area contributed by atoms with E-state index in [1.807, 2.05) is 18.2 Å². The van der Waals surface area contributed by atoms with Crippen LogP contribution in [0.3, 0.4) is 0 Å². The first-order valence-electron chi connectivity index (χ1n) is 16.2. The summed E-state index contributed by atoms with van der Waals surface area (Å²) >= 11 is 0. The monoisotopic (exact) mass is 589 g/mol. The Labute approximate surface area is 266 Å². The average Bonchev–Trinajstić information content (AvgIpc) is 3.33. The summed E-state index contributed by atoms with van der Waals surface area (Å²) in [5.41, 5.74) is 9.05. The third-order valence-electron chi connectivity index (χ3n) is 9.89. The molecule has 1 atom stereocenters. The zero-order valence-corrected chi connectivity index (χ0v) is 26.6. The van der Waals surface area contributed by atoms with E-state index in [4.69, 9.17) is 9.47 Å². The molecule has 3 heteroatoms. The third-order valence-corrected chi connectivity index (χ3v) is 9.89. The number of nitriles is 1. The molecule has 224 valence electrons. The molecule has 0 aromatic heterocycles. The van der Waals surface area contributed by atoms with Gasteiger partial charge >= 0.3 is 0 Å². The van der Waals surface area contributed by atoms with Crippen LogP contribution in [0.1, 0.15) is 85.4 Å². The number of aryl methyl sites for hydroxylation is 1. The molecule has 45 heavy (non-hydrogen) atoms. The van der Waals surface area contributed by atoms with Crippen LogP contribution < -0.4 is 9.47 Å². The van der Waals surface area contributed by atoms with Gasteiger partial charge in [-0.2, -0.15) is 5.26 Å². The van der Waals surface area contributed by atoms with Crippen molar-refractivity contribution >= 4 is 16.8 Å². The van der Waals surface area contributed by atoms with Crippen molar-refractivity contribution in [1.29, 1.82) is 5.26 Å². The number of fused-ring (bicyclic) bond motifs is 8. The summed E-state index contributed by atoms with van der Waals surface area (Å²) in [7, 11) is 1.70. The number of rotatable bonds is 8. The van der Waals surface area contributed by atoms with E-state index in [9.17, 15) is 5.26 Å². The van der Waals surface area contributed by atoms with E-state index in [0.717, 1.165) is 40.0 Å². The molecule has 0 amide bonds. The quantitative estimate of drug-likeness (QED) is 0.169. The summed E-state index contributed by atoms with van der Waals surface area (Å²) in [6.45, 7) is 6.80. The summed E-state index contributed by atoms with van der Waals surface area (Å²) in [4.78, 5) is 0. The molecule has 1 heterocycles. The van der Waals surface area contributed by atoms with Crippen molar-refractivity contribution in [3.63, 3.8) is 0 Å². The van der Waals surface area contributed by atoms with Crippen molar-refractivity contribution in [3.8, 4) is 28.7 Å². The molecule has 7 rings (SSSR count). The normalized spacial score (nSPS) is 17.2. The van der Waals surface area contributed by atoms with E-state index in [0.29, 0.717) is 5.56 Å². The fourth-order valence-corrected chi connectivity index (χ4v) is 7.49. The number of benzene rings is 5. The van der Waals surface area contributed by atoms with E-state index in [1.54, 1.807) is 7.11 Å². The minimum absolute atomic E-state index is 0.307. The maximum Gasteiger partial charge on any atom is 0.178 e. The lowest BCUT2D eigenvalue weighted by Gasteiger charge is -2.38. The molecule has 5 aromatic rings. The molecule has 0 radical (unpaired) electrons. The van der Waals surface area contributed by atoms with Crippen LogP contribution in [0.5, 0.6) is 11.5 Å². The summed E-state index contributed by atoms with van der Waals surface area (Å²) in [5, 5.41) is 12.0. The molecule has 0 N–H and O–H groups in total. The molecule has 0 spiro atoms. The molecular formula is C42H39NO2. The molecule has 2 aliphatic rings. The lowest BCUT2D eigenvalue weighted by atomic mass is 9.76. The summed E-state index contributed by atoms with van der Waals surface area (Å²) in [6, 6.07) is 34.4. The van der Waals surface area contributed by atoms with Crippen LogP contribution >= 0.6 is 0 Å². The Hall–Kier alpha value is -4.81. The Morgan fingerprint density at radius 1 is 0.822 bits per heavy atom. The molecule has 5 aromatic carbocycles. The molecular weight excluding hydrogens is 550 g/mol. The van der Waals surface area contributed by atoms with Crippen molar-refractivity contribution in [2.75, 3.05) is 7.11 Å². The highest BCUT2D eigenvalue weighted by Crippen LogP contribution is 2.58. The van der Waals surface area contributed by atoms with Crippen molar-refractivity contribution in [2.24, 2.45) is 0 Å². The summed E-state index contributed by atoms with van der Waals surface area (Å²) in [5.74, 6) is 1.71. The van der Waals surface area contributed by atoms with Crippen molar-refractivity contribution < 1.29 is 9.47 Å². The van der Waals surface area contributed by atoms with Gasteiger partial charge in [-0.25, -0.2) is 0 Å². The van der Waals surface area contributed by atoms with Gasteiger partial charge in [0.05, 0.1) is 18.7 Å². The average molecular weight is 590 g/mol. The minimum Gasteiger partial charge on any atom is -0.497 e. The Balaban J connectivity index is 1.42. The second-order valence-electron chi connectivity index (χ2n) is 12.9. The van der Waals surface area contributed by atoms with Crippen LogP contribution in [0.25, 0.3) is 28.0 Å². The van der Waals surface area contributed by atoms with Crippen molar-refractivity contribution in [1.82, 2.24) is 0 Å². The predicted octanol–water partition coefficient (Wildman–Crippen LogP) is 10.5. The molecule has 0 bridgehead atoms. The number of ether oxygens (including phenoxy) is 2. The molecule has 1 unspecified atom stereocenters. The van der Waals surface area contributed by atoms with Crippen LogP contribution in [0.15, 0.2) is 97.1 Å². The highest BCUT2D eigenvalue weighted by molar-refractivity contribution is 6.08. The highest BCUT2D eigenvalue weighted by atomic mass is 16.5. The van der Waals surface area contributed by atoms with Gasteiger partial charge in [-0.3, -0.25) is 0 Å².